The second kappa shape index (κ2) is 6.52. The number of ether oxygens (including phenoxy) is 2. The Hall–Kier alpha value is -1.33. The Morgan fingerprint density at radius 1 is 1.12 bits per heavy atom. The van der Waals surface area contributed by atoms with Crippen molar-refractivity contribution in [3.8, 4) is 0 Å². The first-order valence-corrected chi connectivity index (χ1v) is 9.34. The number of hydrogen-bond acceptors (Lipinski definition) is 3. The molecule has 1 aliphatic heterocycles. The number of furan rings is 1. The van der Waals surface area contributed by atoms with Gasteiger partial charge in [0.05, 0.1) is 12.7 Å². The van der Waals surface area contributed by atoms with Crippen molar-refractivity contribution < 1.29 is 13.9 Å². The summed E-state index contributed by atoms with van der Waals surface area (Å²) in [5.41, 5.74) is 1.69. The van der Waals surface area contributed by atoms with Gasteiger partial charge in [-0.1, -0.05) is 57.9 Å². The van der Waals surface area contributed by atoms with Crippen LogP contribution in [0.4, 0.5) is 0 Å². The molecule has 124 valence electrons. The van der Waals surface area contributed by atoms with E-state index in [4.69, 9.17) is 25.5 Å². The van der Waals surface area contributed by atoms with Crippen LogP contribution in [0.25, 0.3) is 11.0 Å². The normalized spacial score (nSPS) is 24.3. The zero-order valence-corrected chi connectivity index (χ0v) is 15.2. The number of fused-ring (bicyclic) bond motifs is 1. The number of halogens is 2. The van der Waals surface area contributed by atoms with Crippen LogP contribution in [0.15, 0.2) is 59.0 Å². The number of rotatable bonds is 3. The van der Waals surface area contributed by atoms with Crippen LogP contribution in [0.1, 0.15) is 17.7 Å². The molecule has 0 bridgehead atoms. The third-order valence-electron chi connectivity index (χ3n) is 4.22. The summed E-state index contributed by atoms with van der Waals surface area (Å²) in [6.07, 6.45) is 0.878. The SMILES string of the molecule is Clc1ccc(C2(c3cc4ccccc4o3)OCCC(CBr)O2)cc1. The molecule has 2 heterocycles. The van der Waals surface area contributed by atoms with E-state index in [1.165, 1.54) is 0 Å². The van der Waals surface area contributed by atoms with E-state index in [9.17, 15) is 0 Å². The van der Waals surface area contributed by atoms with Gasteiger partial charge in [0, 0.05) is 21.3 Å². The second-order valence-electron chi connectivity index (χ2n) is 5.80. The van der Waals surface area contributed by atoms with Crippen LogP contribution >= 0.6 is 27.5 Å². The van der Waals surface area contributed by atoms with Gasteiger partial charge in [-0.15, -0.1) is 0 Å². The van der Waals surface area contributed by atoms with Gasteiger partial charge in [-0.05, 0) is 30.7 Å². The molecule has 3 aromatic rings. The standard InChI is InChI=1S/C19H16BrClO3/c20-12-16-9-10-22-19(24-16,14-5-7-15(21)8-6-14)18-11-13-3-1-2-4-17(13)23-18/h1-8,11,16H,9-10,12H2. The molecule has 2 atom stereocenters. The highest BCUT2D eigenvalue weighted by molar-refractivity contribution is 9.09. The fourth-order valence-electron chi connectivity index (χ4n) is 3.01. The number of benzene rings is 2. The maximum absolute atomic E-state index is 6.36. The minimum Gasteiger partial charge on any atom is -0.455 e. The summed E-state index contributed by atoms with van der Waals surface area (Å²) in [4.78, 5) is 0. The average molecular weight is 408 g/mol. The maximum Gasteiger partial charge on any atom is 0.256 e. The highest BCUT2D eigenvalue weighted by Gasteiger charge is 2.45. The van der Waals surface area contributed by atoms with Crippen LogP contribution in [0.2, 0.25) is 5.02 Å². The summed E-state index contributed by atoms with van der Waals surface area (Å²) in [6, 6.07) is 17.4. The van der Waals surface area contributed by atoms with E-state index in [2.05, 4.69) is 15.9 Å². The average Bonchev–Trinajstić information content (AvgIpc) is 3.07. The Morgan fingerprint density at radius 2 is 1.92 bits per heavy atom. The van der Waals surface area contributed by atoms with E-state index in [1.54, 1.807) is 0 Å². The lowest BCUT2D eigenvalue weighted by atomic mass is 10.0. The van der Waals surface area contributed by atoms with Crippen LogP contribution in [0, 0.1) is 0 Å². The topological polar surface area (TPSA) is 31.6 Å². The smallest absolute Gasteiger partial charge is 0.256 e. The van der Waals surface area contributed by atoms with Crippen LogP contribution in [0.3, 0.4) is 0 Å². The molecule has 1 saturated heterocycles. The van der Waals surface area contributed by atoms with E-state index in [0.29, 0.717) is 17.4 Å². The van der Waals surface area contributed by atoms with E-state index in [1.807, 2.05) is 54.6 Å². The molecule has 0 radical (unpaired) electrons. The summed E-state index contributed by atoms with van der Waals surface area (Å²) in [6.45, 7) is 0.593. The van der Waals surface area contributed by atoms with Gasteiger partial charge in [0.15, 0.2) is 5.76 Å². The lowest BCUT2D eigenvalue weighted by molar-refractivity contribution is -0.280. The van der Waals surface area contributed by atoms with Crippen molar-refractivity contribution in [1.29, 1.82) is 0 Å². The fraction of sp³-hybridized carbons (Fsp3) is 0.263. The number of hydrogen-bond donors (Lipinski definition) is 0. The molecule has 3 nitrogen and oxygen atoms in total. The van der Waals surface area contributed by atoms with Gasteiger partial charge >= 0.3 is 0 Å². The summed E-state index contributed by atoms with van der Waals surface area (Å²) < 4.78 is 18.6. The minimum absolute atomic E-state index is 0.0441. The molecule has 2 aromatic carbocycles. The Balaban J connectivity index is 1.87. The monoisotopic (exact) mass is 406 g/mol. The molecule has 4 rings (SSSR count). The number of para-hydroxylation sites is 1. The lowest BCUT2D eigenvalue weighted by Gasteiger charge is -2.39. The third kappa shape index (κ3) is 2.78. The Bertz CT molecular complexity index is 812. The summed E-state index contributed by atoms with van der Waals surface area (Å²) in [5, 5.41) is 2.44. The summed E-state index contributed by atoms with van der Waals surface area (Å²) in [7, 11) is 0. The fourth-order valence-corrected chi connectivity index (χ4v) is 3.59. The van der Waals surface area contributed by atoms with Gasteiger partial charge in [-0.25, -0.2) is 0 Å². The van der Waals surface area contributed by atoms with Crippen molar-refractivity contribution in [3.05, 3.63) is 70.9 Å². The Kier molecular flexibility index (Phi) is 4.39. The molecule has 0 amide bonds. The predicted molar refractivity (Wildman–Crippen MR) is 97.7 cm³/mol. The van der Waals surface area contributed by atoms with E-state index in [-0.39, 0.29) is 6.10 Å². The minimum atomic E-state index is -1.06. The van der Waals surface area contributed by atoms with Gasteiger partial charge in [0.1, 0.15) is 5.58 Å². The molecular formula is C19H16BrClO3. The lowest BCUT2D eigenvalue weighted by Crippen LogP contribution is -2.43. The molecule has 2 unspecified atom stereocenters. The van der Waals surface area contributed by atoms with Gasteiger partial charge in [-0.2, -0.15) is 0 Å². The highest BCUT2D eigenvalue weighted by atomic mass is 79.9. The van der Waals surface area contributed by atoms with Crippen molar-refractivity contribution in [2.24, 2.45) is 0 Å². The van der Waals surface area contributed by atoms with Crippen LogP contribution in [-0.2, 0) is 15.3 Å². The molecule has 1 aromatic heterocycles. The third-order valence-corrected chi connectivity index (χ3v) is 5.20. The molecule has 0 aliphatic carbocycles. The van der Waals surface area contributed by atoms with Crippen LogP contribution in [-0.4, -0.2) is 18.0 Å². The van der Waals surface area contributed by atoms with Crippen LogP contribution < -0.4 is 0 Å². The van der Waals surface area contributed by atoms with Crippen molar-refractivity contribution in [1.82, 2.24) is 0 Å². The molecule has 24 heavy (non-hydrogen) atoms. The molecule has 0 saturated carbocycles. The molecule has 1 fully saturated rings. The van der Waals surface area contributed by atoms with Crippen molar-refractivity contribution >= 4 is 38.5 Å². The van der Waals surface area contributed by atoms with Crippen LogP contribution in [0.5, 0.6) is 0 Å². The molecule has 1 aliphatic rings. The van der Waals surface area contributed by atoms with E-state index >= 15 is 0 Å². The predicted octanol–water partition coefficient (Wildman–Crippen LogP) is 5.49. The molecular weight excluding hydrogens is 392 g/mol. The first-order chi connectivity index (χ1) is 11.7. The van der Waals surface area contributed by atoms with Gasteiger partial charge in [-0.3, -0.25) is 0 Å². The van der Waals surface area contributed by atoms with Crippen molar-refractivity contribution in [3.63, 3.8) is 0 Å². The molecule has 0 spiro atoms. The number of alkyl halides is 1. The molecule has 5 heteroatoms. The van der Waals surface area contributed by atoms with E-state index in [0.717, 1.165) is 28.3 Å². The zero-order chi connectivity index (χ0) is 16.6. The highest BCUT2D eigenvalue weighted by Crippen LogP contribution is 2.42. The second-order valence-corrected chi connectivity index (χ2v) is 6.89. The Labute approximate surface area is 153 Å². The van der Waals surface area contributed by atoms with Crippen molar-refractivity contribution in [2.45, 2.75) is 18.3 Å². The van der Waals surface area contributed by atoms with Gasteiger partial charge in [0.2, 0.25) is 0 Å². The van der Waals surface area contributed by atoms with Gasteiger partial charge in [0.25, 0.3) is 5.79 Å². The molecule has 0 N–H and O–H groups in total. The summed E-state index contributed by atoms with van der Waals surface area (Å²) in [5.74, 6) is -0.406. The first-order valence-electron chi connectivity index (χ1n) is 7.84. The largest absolute Gasteiger partial charge is 0.455 e. The summed E-state index contributed by atoms with van der Waals surface area (Å²) >= 11 is 9.57. The zero-order valence-electron chi connectivity index (χ0n) is 12.9. The van der Waals surface area contributed by atoms with Crippen molar-refractivity contribution in [2.75, 3.05) is 11.9 Å². The quantitative estimate of drug-likeness (QED) is 0.538. The van der Waals surface area contributed by atoms with E-state index < -0.39 is 5.79 Å². The first kappa shape index (κ1) is 16.2. The Morgan fingerprint density at radius 3 is 2.67 bits per heavy atom. The maximum atomic E-state index is 6.36. The van der Waals surface area contributed by atoms with Gasteiger partial charge < -0.3 is 13.9 Å².